The van der Waals surface area contributed by atoms with E-state index in [4.69, 9.17) is 25.8 Å². The fraction of sp³-hybridized carbons (Fsp3) is 0.129. The van der Waals surface area contributed by atoms with Crippen LogP contribution >= 0.6 is 11.6 Å². The van der Waals surface area contributed by atoms with Gasteiger partial charge in [0, 0.05) is 23.3 Å². The number of barbiturate groups is 1. The summed E-state index contributed by atoms with van der Waals surface area (Å²) in [6.45, 7) is 2.30. The van der Waals surface area contributed by atoms with Gasteiger partial charge in [0.2, 0.25) is 0 Å². The lowest BCUT2D eigenvalue weighted by Gasteiger charge is -2.28. The number of hydrogen-bond acceptors (Lipinski definition) is 6. The van der Waals surface area contributed by atoms with Crippen LogP contribution in [0.15, 0.2) is 78.4 Å². The van der Waals surface area contributed by atoms with Crippen LogP contribution in [0, 0.1) is 6.92 Å². The molecule has 1 fully saturated rings. The number of amides is 4. The SMILES string of the molecule is COc1cc(N2C(=O)NC(=O)/C(=C\c3ccccc3OCc3c(C)ccc4ccccc34)C2=O)c(OC)cc1Cl. The van der Waals surface area contributed by atoms with Crippen molar-refractivity contribution >= 4 is 52.0 Å². The van der Waals surface area contributed by atoms with Gasteiger partial charge in [-0.05, 0) is 35.4 Å². The van der Waals surface area contributed by atoms with Gasteiger partial charge >= 0.3 is 6.03 Å². The summed E-state index contributed by atoms with van der Waals surface area (Å²) in [5.74, 6) is -0.820. The molecular formula is C31H25ClN2O6. The van der Waals surface area contributed by atoms with Crippen LogP contribution in [-0.2, 0) is 16.2 Å². The maximum atomic E-state index is 13.6. The zero-order valence-electron chi connectivity index (χ0n) is 22.0. The highest BCUT2D eigenvalue weighted by Gasteiger charge is 2.38. The molecule has 0 spiro atoms. The van der Waals surface area contributed by atoms with Crippen molar-refractivity contribution in [2.45, 2.75) is 13.5 Å². The zero-order valence-corrected chi connectivity index (χ0v) is 22.7. The van der Waals surface area contributed by atoms with E-state index in [0.717, 1.165) is 26.8 Å². The third kappa shape index (κ3) is 4.97. The van der Waals surface area contributed by atoms with Gasteiger partial charge < -0.3 is 14.2 Å². The van der Waals surface area contributed by atoms with Gasteiger partial charge in [0.1, 0.15) is 29.4 Å². The number of imide groups is 2. The van der Waals surface area contributed by atoms with Gasteiger partial charge in [-0.3, -0.25) is 14.9 Å². The first-order chi connectivity index (χ1) is 19.3. The number of hydrogen-bond donors (Lipinski definition) is 1. The molecule has 0 radical (unpaired) electrons. The number of para-hydroxylation sites is 1. The highest BCUT2D eigenvalue weighted by atomic mass is 35.5. The van der Waals surface area contributed by atoms with Crippen molar-refractivity contribution in [3.05, 3.63) is 100 Å². The number of nitrogens with one attached hydrogen (secondary N) is 1. The molecule has 1 heterocycles. The van der Waals surface area contributed by atoms with E-state index in [0.29, 0.717) is 11.3 Å². The summed E-state index contributed by atoms with van der Waals surface area (Å²) < 4.78 is 16.8. The molecule has 1 saturated heterocycles. The van der Waals surface area contributed by atoms with E-state index >= 15 is 0 Å². The summed E-state index contributed by atoms with van der Waals surface area (Å²) >= 11 is 6.20. The topological polar surface area (TPSA) is 94.2 Å². The van der Waals surface area contributed by atoms with E-state index in [9.17, 15) is 14.4 Å². The third-order valence-corrected chi connectivity index (χ3v) is 6.96. The van der Waals surface area contributed by atoms with Gasteiger partial charge in [0.05, 0.1) is 24.9 Å². The van der Waals surface area contributed by atoms with Crippen molar-refractivity contribution in [1.82, 2.24) is 5.32 Å². The predicted octanol–water partition coefficient (Wildman–Crippen LogP) is 6.06. The van der Waals surface area contributed by atoms with Crippen LogP contribution in [0.4, 0.5) is 10.5 Å². The Hall–Kier alpha value is -4.82. The average molecular weight is 557 g/mol. The monoisotopic (exact) mass is 556 g/mol. The molecular weight excluding hydrogens is 532 g/mol. The lowest BCUT2D eigenvalue weighted by molar-refractivity contribution is -0.122. The van der Waals surface area contributed by atoms with Gasteiger partial charge in [-0.2, -0.15) is 0 Å². The van der Waals surface area contributed by atoms with Crippen LogP contribution in [0.5, 0.6) is 17.2 Å². The largest absolute Gasteiger partial charge is 0.495 e. The van der Waals surface area contributed by atoms with Gasteiger partial charge in [-0.25, -0.2) is 9.69 Å². The number of urea groups is 1. The summed E-state index contributed by atoms with van der Waals surface area (Å²) in [6, 6.07) is 21.1. The molecule has 8 nitrogen and oxygen atoms in total. The second-order valence-electron chi connectivity index (χ2n) is 9.03. The Morgan fingerprint density at radius 3 is 2.38 bits per heavy atom. The quantitative estimate of drug-likeness (QED) is 0.219. The van der Waals surface area contributed by atoms with Gasteiger partial charge in [-0.15, -0.1) is 0 Å². The van der Waals surface area contributed by atoms with Gasteiger partial charge in [0.25, 0.3) is 11.8 Å². The highest BCUT2D eigenvalue weighted by molar-refractivity contribution is 6.39. The fourth-order valence-electron chi connectivity index (χ4n) is 4.57. The summed E-state index contributed by atoms with van der Waals surface area (Å²) in [5.41, 5.74) is 2.42. The number of ether oxygens (including phenoxy) is 3. The van der Waals surface area contributed by atoms with E-state index in [1.54, 1.807) is 24.3 Å². The number of anilines is 1. The minimum atomic E-state index is -0.925. The number of methoxy groups -OCH3 is 2. The van der Waals surface area contributed by atoms with Crippen LogP contribution in [-0.4, -0.2) is 32.1 Å². The first-order valence-electron chi connectivity index (χ1n) is 12.3. The number of rotatable bonds is 7. The van der Waals surface area contributed by atoms with Crippen LogP contribution in [0.1, 0.15) is 16.7 Å². The van der Waals surface area contributed by atoms with Crippen molar-refractivity contribution in [1.29, 1.82) is 0 Å². The maximum Gasteiger partial charge on any atom is 0.336 e. The van der Waals surface area contributed by atoms with Crippen molar-refractivity contribution in [2.24, 2.45) is 0 Å². The molecule has 0 atom stereocenters. The standard InChI is InChI=1S/C31H25ClN2O6/c1-18-12-13-19-8-4-6-10-21(19)23(18)17-40-26-11-7-5-9-20(26)14-22-29(35)33-31(37)34(30(22)36)25-16-27(38-2)24(32)15-28(25)39-3/h4-16H,17H2,1-3H3,(H,33,35,37)/b22-14+. The Bertz CT molecular complexity index is 1700. The number of halogens is 1. The van der Waals surface area contributed by atoms with E-state index in [-0.39, 0.29) is 34.4 Å². The van der Waals surface area contributed by atoms with Crippen LogP contribution in [0.3, 0.4) is 0 Å². The Kier molecular flexibility index (Phi) is 7.44. The van der Waals surface area contributed by atoms with Crippen LogP contribution in [0.25, 0.3) is 16.8 Å². The van der Waals surface area contributed by atoms with Gasteiger partial charge in [0.15, 0.2) is 0 Å². The predicted molar refractivity (Wildman–Crippen MR) is 153 cm³/mol. The molecule has 0 aliphatic carbocycles. The molecule has 5 rings (SSSR count). The number of benzene rings is 4. The number of nitrogens with zero attached hydrogens (tertiary/aromatic N) is 1. The molecule has 0 bridgehead atoms. The van der Waals surface area contributed by atoms with Crippen molar-refractivity contribution in [2.75, 3.05) is 19.1 Å². The summed E-state index contributed by atoms with van der Waals surface area (Å²) in [7, 11) is 2.78. The average Bonchev–Trinajstić information content (AvgIpc) is 2.95. The number of fused-ring (bicyclic) bond motifs is 1. The zero-order chi connectivity index (χ0) is 28.4. The van der Waals surface area contributed by atoms with E-state index in [2.05, 4.69) is 11.4 Å². The van der Waals surface area contributed by atoms with Crippen molar-refractivity contribution in [3.8, 4) is 17.2 Å². The van der Waals surface area contributed by atoms with Crippen molar-refractivity contribution in [3.63, 3.8) is 0 Å². The minimum absolute atomic E-state index is 0.0700. The minimum Gasteiger partial charge on any atom is -0.495 e. The lowest BCUT2D eigenvalue weighted by Crippen LogP contribution is -2.54. The molecule has 40 heavy (non-hydrogen) atoms. The third-order valence-electron chi connectivity index (χ3n) is 6.66. The number of carbonyl (C=O) groups excluding carboxylic acids is 3. The molecule has 4 aromatic rings. The molecule has 9 heteroatoms. The van der Waals surface area contributed by atoms with E-state index in [1.807, 2.05) is 37.3 Å². The first-order valence-corrected chi connectivity index (χ1v) is 12.7. The molecule has 0 unspecified atom stereocenters. The Balaban J connectivity index is 1.50. The molecule has 0 aromatic heterocycles. The van der Waals surface area contributed by atoms with Crippen LogP contribution < -0.4 is 24.4 Å². The van der Waals surface area contributed by atoms with E-state index in [1.165, 1.54) is 32.4 Å². The fourth-order valence-corrected chi connectivity index (χ4v) is 4.80. The number of aryl methyl sites for hydroxylation is 1. The maximum absolute atomic E-state index is 13.6. The molecule has 1 aliphatic heterocycles. The second kappa shape index (κ2) is 11.1. The summed E-state index contributed by atoms with van der Waals surface area (Å²) in [5, 5.41) is 4.64. The van der Waals surface area contributed by atoms with E-state index < -0.39 is 17.8 Å². The van der Waals surface area contributed by atoms with Crippen LogP contribution in [0.2, 0.25) is 5.02 Å². The molecule has 202 valence electrons. The molecule has 1 N–H and O–H groups in total. The molecule has 4 aromatic carbocycles. The summed E-state index contributed by atoms with van der Waals surface area (Å²) in [4.78, 5) is 40.1. The normalized spacial score (nSPS) is 14.4. The smallest absolute Gasteiger partial charge is 0.336 e. The highest BCUT2D eigenvalue weighted by Crippen LogP contribution is 2.39. The Labute approximate surface area is 235 Å². The molecule has 0 saturated carbocycles. The molecule has 4 amide bonds. The Morgan fingerprint density at radius 1 is 0.875 bits per heavy atom. The lowest BCUT2D eigenvalue weighted by atomic mass is 10.0. The molecule has 1 aliphatic rings. The Morgan fingerprint density at radius 2 is 1.60 bits per heavy atom. The first kappa shape index (κ1) is 26.8. The summed E-state index contributed by atoms with van der Waals surface area (Å²) in [6.07, 6.45) is 1.40. The van der Waals surface area contributed by atoms with Gasteiger partial charge in [-0.1, -0.05) is 66.2 Å². The van der Waals surface area contributed by atoms with Crippen molar-refractivity contribution < 1.29 is 28.6 Å². The number of carbonyl (C=O) groups is 3. The second-order valence-corrected chi connectivity index (χ2v) is 9.43.